The maximum Gasteiger partial charge on any atom is 0.223 e. The summed E-state index contributed by atoms with van der Waals surface area (Å²) in [5, 5.41) is 12.9. The van der Waals surface area contributed by atoms with Gasteiger partial charge in [0.2, 0.25) is 5.91 Å². The molecule has 2 aliphatic rings. The number of nitrogens with one attached hydrogen (secondary N) is 1. The average Bonchev–Trinajstić information content (AvgIpc) is 2.54. The summed E-state index contributed by atoms with van der Waals surface area (Å²) in [5.74, 6) is 1.24. The maximum absolute atomic E-state index is 12.5. The minimum Gasteiger partial charge on any atom is -0.394 e. The van der Waals surface area contributed by atoms with Crippen LogP contribution in [-0.2, 0) is 4.79 Å². The number of hydrogen-bond acceptors (Lipinski definition) is 2. The minimum absolute atomic E-state index is 0.102. The zero-order valence-electron chi connectivity index (χ0n) is 13.7. The predicted molar refractivity (Wildman–Crippen MR) is 86.0 cm³/mol. The molecule has 21 heavy (non-hydrogen) atoms. The monoisotopic (exact) mass is 295 g/mol. The lowest BCUT2D eigenvalue weighted by atomic mass is 9.78. The first-order chi connectivity index (χ1) is 10.2. The van der Waals surface area contributed by atoms with Crippen LogP contribution in [0.2, 0.25) is 0 Å². The van der Waals surface area contributed by atoms with E-state index in [0.29, 0.717) is 0 Å². The van der Waals surface area contributed by atoms with Crippen molar-refractivity contribution in [1.29, 1.82) is 0 Å². The molecule has 0 aromatic heterocycles. The molecule has 0 heterocycles. The molecule has 0 bridgehead atoms. The van der Waals surface area contributed by atoms with Crippen LogP contribution in [0.25, 0.3) is 0 Å². The van der Waals surface area contributed by atoms with E-state index in [9.17, 15) is 9.90 Å². The normalized spacial score (nSPS) is 29.0. The second kappa shape index (κ2) is 8.17. The van der Waals surface area contributed by atoms with Gasteiger partial charge in [-0.3, -0.25) is 4.79 Å². The molecule has 0 radical (unpaired) electrons. The lowest BCUT2D eigenvalue weighted by Crippen LogP contribution is -2.54. The SMILES string of the molecule is CCCCC1CCC(C(=O)NC2(CO)CCCCC2)CC1. The molecule has 2 fully saturated rings. The Morgan fingerprint density at radius 1 is 1.14 bits per heavy atom. The van der Waals surface area contributed by atoms with Gasteiger partial charge in [-0.1, -0.05) is 45.4 Å². The van der Waals surface area contributed by atoms with Gasteiger partial charge in [0.05, 0.1) is 12.1 Å². The van der Waals surface area contributed by atoms with E-state index >= 15 is 0 Å². The number of rotatable bonds is 6. The summed E-state index contributed by atoms with van der Waals surface area (Å²) in [6.07, 6.45) is 13.8. The largest absolute Gasteiger partial charge is 0.394 e. The smallest absolute Gasteiger partial charge is 0.223 e. The van der Waals surface area contributed by atoms with Crippen molar-refractivity contribution in [2.24, 2.45) is 11.8 Å². The van der Waals surface area contributed by atoms with Crippen molar-refractivity contribution in [1.82, 2.24) is 5.32 Å². The molecule has 0 aliphatic heterocycles. The van der Waals surface area contributed by atoms with Gasteiger partial charge in [-0.05, 0) is 44.4 Å². The summed E-state index contributed by atoms with van der Waals surface area (Å²) in [5.41, 5.74) is -0.311. The standard InChI is InChI=1S/C18H33NO2/c1-2-3-7-15-8-10-16(11-9-15)17(21)19-18(14-20)12-5-4-6-13-18/h15-16,20H,2-14H2,1H3,(H,19,21). The zero-order valence-corrected chi connectivity index (χ0v) is 13.7. The lowest BCUT2D eigenvalue weighted by molar-refractivity contribution is -0.129. The van der Waals surface area contributed by atoms with Crippen LogP contribution in [0, 0.1) is 11.8 Å². The van der Waals surface area contributed by atoms with Crippen molar-refractivity contribution >= 4 is 5.91 Å². The fraction of sp³-hybridized carbons (Fsp3) is 0.944. The maximum atomic E-state index is 12.5. The predicted octanol–water partition coefficient (Wildman–Crippen LogP) is 3.79. The highest BCUT2D eigenvalue weighted by atomic mass is 16.3. The highest BCUT2D eigenvalue weighted by molar-refractivity contribution is 5.79. The number of aliphatic hydroxyl groups excluding tert-OH is 1. The number of carbonyl (C=O) groups is 1. The van der Waals surface area contributed by atoms with E-state index < -0.39 is 0 Å². The van der Waals surface area contributed by atoms with Gasteiger partial charge in [-0.2, -0.15) is 0 Å². The van der Waals surface area contributed by atoms with Gasteiger partial charge in [0.1, 0.15) is 0 Å². The van der Waals surface area contributed by atoms with E-state index in [0.717, 1.165) is 44.4 Å². The third-order valence-electron chi connectivity index (χ3n) is 5.69. The van der Waals surface area contributed by atoms with Crippen molar-refractivity contribution in [2.75, 3.05) is 6.61 Å². The first-order valence-corrected chi connectivity index (χ1v) is 9.12. The Labute approximate surface area is 129 Å². The van der Waals surface area contributed by atoms with Crippen LogP contribution in [0.1, 0.15) is 84.0 Å². The minimum atomic E-state index is -0.311. The van der Waals surface area contributed by atoms with Gasteiger partial charge in [0, 0.05) is 5.92 Å². The third kappa shape index (κ3) is 4.70. The van der Waals surface area contributed by atoms with Crippen molar-refractivity contribution in [3.63, 3.8) is 0 Å². The summed E-state index contributed by atoms with van der Waals surface area (Å²) in [7, 11) is 0. The van der Waals surface area contributed by atoms with Crippen molar-refractivity contribution in [3.8, 4) is 0 Å². The van der Waals surface area contributed by atoms with Gasteiger partial charge < -0.3 is 10.4 Å². The van der Waals surface area contributed by atoms with Crippen LogP contribution < -0.4 is 5.32 Å². The fourth-order valence-electron chi connectivity index (χ4n) is 4.12. The summed E-state index contributed by atoms with van der Waals surface area (Å²) < 4.78 is 0. The molecule has 0 spiro atoms. The first kappa shape index (κ1) is 16.8. The summed E-state index contributed by atoms with van der Waals surface area (Å²) >= 11 is 0. The topological polar surface area (TPSA) is 49.3 Å². The van der Waals surface area contributed by atoms with E-state index in [1.807, 2.05) is 0 Å². The Morgan fingerprint density at radius 2 is 1.81 bits per heavy atom. The Hall–Kier alpha value is -0.570. The van der Waals surface area contributed by atoms with Crippen LogP contribution >= 0.6 is 0 Å². The van der Waals surface area contributed by atoms with E-state index in [1.165, 1.54) is 38.5 Å². The highest BCUT2D eigenvalue weighted by Crippen LogP contribution is 2.33. The van der Waals surface area contributed by atoms with E-state index in [1.54, 1.807) is 0 Å². The molecule has 0 atom stereocenters. The van der Waals surface area contributed by atoms with Crippen molar-refractivity contribution < 1.29 is 9.90 Å². The average molecular weight is 295 g/mol. The molecule has 0 aromatic rings. The van der Waals surface area contributed by atoms with Gasteiger partial charge in [-0.15, -0.1) is 0 Å². The molecule has 122 valence electrons. The molecule has 2 rings (SSSR count). The molecule has 0 unspecified atom stereocenters. The molecular weight excluding hydrogens is 262 g/mol. The fourth-order valence-corrected chi connectivity index (χ4v) is 4.12. The van der Waals surface area contributed by atoms with E-state index in [2.05, 4.69) is 12.2 Å². The van der Waals surface area contributed by atoms with Gasteiger partial charge in [0.25, 0.3) is 0 Å². The highest BCUT2D eigenvalue weighted by Gasteiger charge is 2.35. The molecular formula is C18H33NO2. The molecule has 2 N–H and O–H groups in total. The molecule has 3 nitrogen and oxygen atoms in total. The summed E-state index contributed by atoms with van der Waals surface area (Å²) in [4.78, 5) is 12.5. The Kier molecular flexibility index (Phi) is 6.53. The van der Waals surface area contributed by atoms with Crippen molar-refractivity contribution in [2.45, 2.75) is 89.5 Å². The number of hydrogen-bond donors (Lipinski definition) is 2. The molecule has 1 amide bonds. The van der Waals surface area contributed by atoms with Crippen LogP contribution in [-0.4, -0.2) is 23.2 Å². The number of unbranched alkanes of at least 4 members (excludes halogenated alkanes) is 1. The molecule has 0 aromatic carbocycles. The van der Waals surface area contributed by atoms with Gasteiger partial charge >= 0.3 is 0 Å². The zero-order chi connectivity index (χ0) is 15.1. The van der Waals surface area contributed by atoms with Crippen LogP contribution in [0.15, 0.2) is 0 Å². The third-order valence-corrected chi connectivity index (χ3v) is 5.69. The van der Waals surface area contributed by atoms with Crippen LogP contribution in [0.4, 0.5) is 0 Å². The molecule has 0 saturated heterocycles. The van der Waals surface area contributed by atoms with E-state index in [-0.39, 0.29) is 24.0 Å². The van der Waals surface area contributed by atoms with Crippen LogP contribution in [0.5, 0.6) is 0 Å². The van der Waals surface area contributed by atoms with E-state index in [4.69, 9.17) is 0 Å². The Morgan fingerprint density at radius 3 is 2.38 bits per heavy atom. The summed E-state index contributed by atoms with van der Waals surface area (Å²) in [6, 6.07) is 0. The second-order valence-electron chi connectivity index (χ2n) is 7.35. The number of amides is 1. The Bertz CT molecular complexity index is 315. The second-order valence-corrected chi connectivity index (χ2v) is 7.35. The molecule has 2 saturated carbocycles. The van der Waals surface area contributed by atoms with Gasteiger partial charge in [-0.25, -0.2) is 0 Å². The quantitative estimate of drug-likeness (QED) is 0.783. The summed E-state index contributed by atoms with van der Waals surface area (Å²) in [6.45, 7) is 2.35. The van der Waals surface area contributed by atoms with Crippen molar-refractivity contribution in [3.05, 3.63) is 0 Å². The number of aliphatic hydroxyl groups is 1. The number of carbonyl (C=O) groups excluding carboxylic acids is 1. The lowest BCUT2D eigenvalue weighted by Gasteiger charge is -2.38. The Balaban J connectivity index is 1.78. The molecule has 3 heteroatoms. The van der Waals surface area contributed by atoms with Gasteiger partial charge in [0.15, 0.2) is 0 Å². The molecule has 2 aliphatic carbocycles. The van der Waals surface area contributed by atoms with Crippen LogP contribution in [0.3, 0.4) is 0 Å². The first-order valence-electron chi connectivity index (χ1n) is 9.12.